The highest BCUT2D eigenvalue weighted by molar-refractivity contribution is 7.89. The maximum atomic E-state index is 13.0. The Morgan fingerprint density at radius 2 is 1.73 bits per heavy atom. The largest absolute Gasteiger partial charge is 0.331 e. The van der Waals surface area contributed by atoms with Gasteiger partial charge in [-0.25, -0.2) is 13.4 Å². The van der Waals surface area contributed by atoms with Gasteiger partial charge < -0.3 is 9.88 Å². The number of amides is 1. The van der Waals surface area contributed by atoms with Gasteiger partial charge in [-0.15, -0.1) is 0 Å². The van der Waals surface area contributed by atoms with Gasteiger partial charge in [-0.05, 0) is 74.6 Å². The number of benzene rings is 2. The molecule has 3 aromatic rings. The van der Waals surface area contributed by atoms with E-state index in [0.29, 0.717) is 30.8 Å². The van der Waals surface area contributed by atoms with Gasteiger partial charge in [0, 0.05) is 43.6 Å². The Balaban J connectivity index is 1.33. The summed E-state index contributed by atoms with van der Waals surface area (Å²) in [4.78, 5) is 17.3. The Labute approximate surface area is 195 Å². The number of hydrogen-bond acceptors (Lipinski definition) is 4. The molecule has 1 aliphatic heterocycles. The third kappa shape index (κ3) is 5.17. The van der Waals surface area contributed by atoms with Gasteiger partial charge in [0.2, 0.25) is 15.9 Å². The van der Waals surface area contributed by atoms with E-state index in [9.17, 15) is 13.2 Å². The Morgan fingerprint density at radius 1 is 1.03 bits per heavy atom. The minimum absolute atomic E-state index is 0.0589. The van der Waals surface area contributed by atoms with Crippen LogP contribution in [0.4, 0.5) is 5.69 Å². The van der Waals surface area contributed by atoms with Crippen molar-refractivity contribution in [3.05, 3.63) is 77.4 Å². The first-order valence-electron chi connectivity index (χ1n) is 11.2. The number of nitrogens with zero attached hydrogens (tertiary/aromatic N) is 3. The van der Waals surface area contributed by atoms with Crippen molar-refractivity contribution in [3.8, 4) is 0 Å². The molecule has 0 bridgehead atoms. The van der Waals surface area contributed by atoms with Crippen LogP contribution in [0.5, 0.6) is 0 Å². The summed E-state index contributed by atoms with van der Waals surface area (Å²) >= 11 is 0. The highest BCUT2D eigenvalue weighted by Gasteiger charge is 2.32. The van der Waals surface area contributed by atoms with Gasteiger partial charge in [0.05, 0.1) is 4.90 Å². The van der Waals surface area contributed by atoms with E-state index in [1.165, 1.54) is 4.31 Å². The van der Waals surface area contributed by atoms with E-state index in [0.717, 1.165) is 34.7 Å². The average Bonchev–Trinajstić information content (AvgIpc) is 3.21. The second kappa shape index (κ2) is 9.49. The second-order valence-corrected chi connectivity index (χ2v) is 10.7. The van der Waals surface area contributed by atoms with Gasteiger partial charge in [-0.3, -0.25) is 4.79 Å². The van der Waals surface area contributed by atoms with Crippen molar-refractivity contribution in [2.75, 3.05) is 18.4 Å². The molecule has 0 saturated carbocycles. The lowest BCUT2D eigenvalue weighted by Crippen LogP contribution is -2.41. The van der Waals surface area contributed by atoms with Gasteiger partial charge in [0.25, 0.3) is 0 Å². The first kappa shape index (κ1) is 23.2. The molecule has 174 valence electrons. The molecule has 33 heavy (non-hydrogen) atoms. The number of nitrogens with one attached hydrogen (secondary N) is 1. The molecular weight excluding hydrogens is 436 g/mol. The van der Waals surface area contributed by atoms with Gasteiger partial charge in [0.1, 0.15) is 5.82 Å². The molecule has 1 N–H and O–H groups in total. The number of sulfonamides is 1. The summed E-state index contributed by atoms with van der Waals surface area (Å²) in [7, 11) is -3.54. The molecule has 0 aliphatic carbocycles. The van der Waals surface area contributed by atoms with Crippen LogP contribution in [-0.2, 0) is 21.4 Å². The SMILES string of the molecule is Cc1ccc(S(=O)(=O)N2CCC(C(=O)Nc3ccc(Cn4ccnc4C)cc3)CC2)cc1C. The summed E-state index contributed by atoms with van der Waals surface area (Å²) < 4.78 is 29.6. The van der Waals surface area contributed by atoms with E-state index >= 15 is 0 Å². The molecule has 1 fully saturated rings. The van der Waals surface area contributed by atoms with E-state index in [-0.39, 0.29) is 11.8 Å². The summed E-state index contributed by atoms with van der Waals surface area (Å²) in [6, 6.07) is 13.0. The number of rotatable bonds is 6. The van der Waals surface area contributed by atoms with E-state index in [4.69, 9.17) is 0 Å². The number of aryl methyl sites for hydroxylation is 3. The summed E-state index contributed by atoms with van der Waals surface area (Å²) in [5.41, 5.74) is 3.89. The van der Waals surface area contributed by atoms with Crippen LogP contribution in [-0.4, -0.2) is 41.3 Å². The lowest BCUT2D eigenvalue weighted by atomic mass is 9.97. The molecule has 1 aliphatic rings. The average molecular weight is 467 g/mol. The summed E-state index contributed by atoms with van der Waals surface area (Å²) in [5.74, 6) is 0.694. The van der Waals surface area contributed by atoms with Crippen LogP contribution in [0.1, 0.15) is 35.4 Å². The third-order valence-electron chi connectivity index (χ3n) is 6.44. The van der Waals surface area contributed by atoms with Crippen LogP contribution in [0.25, 0.3) is 0 Å². The predicted octanol–water partition coefficient (Wildman–Crippen LogP) is 3.90. The summed E-state index contributed by atoms with van der Waals surface area (Å²) in [6.45, 7) is 7.26. The number of carbonyl (C=O) groups is 1. The van der Waals surface area contributed by atoms with Crippen LogP contribution < -0.4 is 5.32 Å². The third-order valence-corrected chi connectivity index (χ3v) is 8.33. The molecule has 1 aromatic heterocycles. The Bertz CT molecular complexity index is 1240. The molecule has 2 aromatic carbocycles. The van der Waals surface area contributed by atoms with E-state index in [1.54, 1.807) is 18.3 Å². The zero-order valence-corrected chi connectivity index (χ0v) is 20.1. The minimum atomic E-state index is -3.54. The van der Waals surface area contributed by atoms with Crippen LogP contribution in [0.2, 0.25) is 0 Å². The minimum Gasteiger partial charge on any atom is -0.331 e. The molecule has 0 spiro atoms. The molecule has 4 rings (SSSR count). The number of carbonyl (C=O) groups excluding carboxylic acids is 1. The topological polar surface area (TPSA) is 84.3 Å². The van der Waals surface area contributed by atoms with Gasteiger partial charge >= 0.3 is 0 Å². The lowest BCUT2D eigenvalue weighted by molar-refractivity contribution is -0.120. The lowest BCUT2D eigenvalue weighted by Gasteiger charge is -2.30. The summed E-state index contributed by atoms with van der Waals surface area (Å²) in [5, 5.41) is 2.98. The van der Waals surface area contributed by atoms with Crippen molar-refractivity contribution in [2.45, 2.75) is 45.1 Å². The fraction of sp³-hybridized carbons (Fsp3) is 0.360. The van der Waals surface area contributed by atoms with Crippen molar-refractivity contribution < 1.29 is 13.2 Å². The molecule has 7 nitrogen and oxygen atoms in total. The standard InChI is InChI=1S/C25H30N4O3S/c1-18-4-9-24(16-19(18)2)33(31,32)29-13-10-22(11-14-29)25(30)27-23-7-5-21(6-8-23)17-28-15-12-26-20(28)3/h4-9,12,15-16,22H,10-11,13-14,17H2,1-3H3,(H,27,30). The maximum absolute atomic E-state index is 13.0. The number of aromatic nitrogens is 2. The number of hydrogen-bond donors (Lipinski definition) is 1. The van der Waals surface area contributed by atoms with Crippen LogP contribution in [0.3, 0.4) is 0 Å². The molecule has 1 amide bonds. The first-order chi connectivity index (χ1) is 15.7. The Hall–Kier alpha value is -2.97. The fourth-order valence-electron chi connectivity index (χ4n) is 4.09. The zero-order valence-electron chi connectivity index (χ0n) is 19.3. The summed E-state index contributed by atoms with van der Waals surface area (Å²) in [6.07, 6.45) is 4.74. The van der Waals surface area contributed by atoms with E-state index in [1.807, 2.05) is 57.3 Å². The highest BCUT2D eigenvalue weighted by Crippen LogP contribution is 2.26. The quantitative estimate of drug-likeness (QED) is 0.597. The Morgan fingerprint density at radius 3 is 2.33 bits per heavy atom. The predicted molar refractivity (Wildman–Crippen MR) is 129 cm³/mol. The molecular formula is C25H30N4O3S. The van der Waals surface area contributed by atoms with Gasteiger partial charge in [-0.1, -0.05) is 18.2 Å². The van der Waals surface area contributed by atoms with Crippen molar-refractivity contribution >= 4 is 21.6 Å². The van der Waals surface area contributed by atoms with Crippen LogP contribution in [0.15, 0.2) is 59.8 Å². The normalized spacial score (nSPS) is 15.5. The molecule has 0 unspecified atom stereocenters. The van der Waals surface area contributed by atoms with Crippen LogP contribution in [0, 0.1) is 26.7 Å². The molecule has 0 radical (unpaired) electrons. The van der Waals surface area contributed by atoms with Crippen molar-refractivity contribution in [3.63, 3.8) is 0 Å². The monoisotopic (exact) mass is 466 g/mol. The van der Waals surface area contributed by atoms with E-state index < -0.39 is 10.0 Å². The smallest absolute Gasteiger partial charge is 0.243 e. The number of imidazole rings is 1. The highest BCUT2D eigenvalue weighted by atomic mass is 32.2. The van der Waals surface area contributed by atoms with Crippen LogP contribution >= 0.6 is 0 Å². The van der Waals surface area contributed by atoms with Crippen molar-refractivity contribution in [1.29, 1.82) is 0 Å². The molecule has 2 heterocycles. The van der Waals surface area contributed by atoms with E-state index in [2.05, 4.69) is 14.9 Å². The molecule has 1 saturated heterocycles. The van der Waals surface area contributed by atoms with Gasteiger partial charge in [0.15, 0.2) is 0 Å². The zero-order chi connectivity index (χ0) is 23.6. The number of anilines is 1. The van der Waals surface area contributed by atoms with Gasteiger partial charge in [-0.2, -0.15) is 4.31 Å². The van der Waals surface area contributed by atoms with Crippen molar-refractivity contribution in [2.24, 2.45) is 5.92 Å². The first-order valence-corrected chi connectivity index (χ1v) is 12.6. The second-order valence-electron chi connectivity index (χ2n) is 8.71. The Kier molecular flexibility index (Phi) is 6.67. The molecule has 0 atom stereocenters. The fourth-order valence-corrected chi connectivity index (χ4v) is 5.64. The van der Waals surface area contributed by atoms with Crippen molar-refractivity contribution in [1.82, 2.24) is 13.9 Å². The number of piperidine rings is 1. The molecule has 8 heteroatoms. The maximum Gasteiger partial charge on any atom is 0.243 e.